The normalized spacial score (nSPS) is 23.5. The first-order chi connectivity index (χ1) is 15.0. The molecule has 2 aromatic rings. The Labute approximate surface area is 182 Å². The number of nitrogens with zero attached hydrogens (tertiary/aromatic N) is 3. The predicted molar refractivity (Wildman–Crippen MR) is 115 cm³/mol. The van der Waals surface area contributed by atoms with Gasteiger partial charge in [0, 0.05) is 18.7 Å². The zero-order valence-electron chi connectivity index (χ0n) is 17.2. The van der Waals surface area contributed by atoms with E-state index in [0.717, 1.165) is 38.1 Å². The molecule has 8 nitrogen and oxygen atoms in total. The molecule has 0 unspecified atom stereocenters. The van der Waals surface area contributed by atoms with E-state index in [1.54, 1.807) is 30.5 Å². The first-order valence-electron chi connectivity index (χ1n) is 10.8. The van der Waals surface area contributed by atoms with Gasteiger partial charge in [-0.1, -0.05) is 12.1 Å². The van der Waals surface area contributed by atoms with E-state index in [-0.39, 0.29) is 16.8 Å². The number of amides is 1. The molecule has 4 heterocycles. The molecule has 2 fully saturated rings. The van der Waals surface area contributed by atoms with E-state index in [1.165, 1.54) is 0 Å². The third-order valence-electron chi connectivity index (χ3n) is 6.36. The van der Waals surface area contributed by atoms with Crippen molar-refractivity contribution in [1.29, 1.82) is 0 Å². The molecule has 1 aromatic heterocycles. The van der Waals surface area contributed by atoms with Crippen LogP contribution in [0.3, 0.4) is 0 Å². The van der Waals surface area contributed by atoms with E-state index in [0.29, 0.717) is 30.9 Å². The van der Waals surface area contributed by atoms with Crippen LogP contribution in [0.2, 0.25) is 0 Å². The summed E-state index contributed by atoms with van der Waals surface area (Å²) in [7, 11) is -3.71. The van der Waals surface area contributed by atoms with Crippen molar-refractivity contribution in [3.05, 3.63) is 54.0 Å². The van der Waals surface area contributed by atoms with Crippen molar-refractivity contribution in [3.63, 3.8) is 0 Å². The smallest absolute Gasteiger partial charge is 0.285 e. The number of sulfonamides is 1. The van der Waals surface area contributed by atoms with Crippen LogP contribution in [0.15, 0.2) is 56.4 Å². The minimum absolute atomic E-state index is 0.00114. The number of nitrogens with one attached hydrogen (secondary N) is 1. The van der Waals surface area contributed by atoms with Crippen molar-refractivity contribution in [3.8, 4) is 0 Å². The molecular weight excluding hydrogens is 416 g/mol. The van der Waals surface area contributed by atoms with Gasteiger partial charge in [-0.15, -0.1) is 4.40 Å². The predicted octanol–water partition coefficient (Wildman–Crippen LogP) is 2.15. The van der Waals surface area contributed by atoms with Crippen molar-refractivity contribution < 1.29 is 17.6 Å². The Morgan fingerprint density at radius 3 is 2.71 bits per heavy atom. The molecular formula is C22H26N4O4S. The lowest BCUT2D eigenvalue weighted by atomic mass is 10.1. The van der Waals surface area contributed by atoms with Crippen molar-refractivity contribution in [1.82, 2.24) is 15.1 Å². The Morgan fingerprint density at radius 2 is 1.94 bits per heavy atom. The Balaban J connectivity index is 1.33. The number of hydrogen-bond donors (Lipinski definition) is 1. The third-order valence-corrected chi connectivity index (χ3v) is 7.69. The number of rotatable bonds is 5. The second-order valence-electron chi connectivity index (χ2n) is 8.26. The maximum Gasteiger partial charge on any atom is 0.285 e. The van der Waals surface area contributed by atoms with Crippen LogP contribution < -0.4 is 5.32 Å². The van der Waals surface area contributed by atoms with Gasteiger partial charge in [-0.05, 0) is 63.0 Å². The summed E-state index contributed by atoms with van der Waals surface area (Å²) in [5.74, 6) is 1.14. The summed E-state index contributed by atoms with van der Waals surface area (Å²) in [6, 6.07) is 10.2. The minimum atomic E-state index is -3.71. The standard InChI is InChI=1S/C22H26N4O4S/c27-22(23-15-18(19-9-6-14-30-19)25-11-3-4-12-25)17-8-5-13-26(17)21-16-7-1-2-10-20(16)31(28,29)24-21/h1-2,6-7,9-10,14,17-18H,3-5,8,11-13,15H2,(H,23,27)/t17-,18-/m0/s1. The van der Waals surface area contributed by atoms with Gasteiger partial charge in [0.15, 0.2) is 5.84 Å². The van der Waals surface area contributed by atoms with Crippen molar-refractivity contribution in [2.24, 2.45) is 4.40 Å². The van der Waals surface area contributed by atoms with Crippen LogP contribution in [0.1, 0.15) is 43.0 Å². The first-order valence-corrected chi connectivity index (χ1v) is 12.2. The summed E-state index contributed by atoms with van der Waals surface area (Å²) in [5, 5.41) is 3.10. The number of amidine groups is 1. The average molecular weight is 443 g/mol. The molecule has 5 rings (SSSR count). The molecule has 0 aliphatic carbocycles. The minimum Gasteiger partial charge on any atom is -0.468 e. The van der Waals surface area contributed by atoms with Crippen LogP contribution >= 0.6 is 0 Å². The fourth-order valence-corrected chi connectivity index (χ4v) is 6.06. The van der Waals surface area contributed by atoms with Gasteiger partial charge in [-0.2, -0.15) is 8.42 Å². The highest BCUT2D eigenvalue weighted by molar-refractivity contribution is 7.90. The number of likely N-dealkylation sites (tertiary alicyclic amines) is 2. The second-order valence-corrected chi connectivity index (χ2v) is 9.83. The number of carbonyl (C=O) groups is 1. The Bertz CT molecular complexity index is 1090. The molecule has 9 heteroatoms. The largest absolute Gasteiger partial charge is 0.468 e. The average Bonchev–Trinajstić information content (AvgIpc) is 3.56. The van der Waals surface area contributed by atoms with Gasteiger partial charge in [-0.25, -0.2) is 0 Å². The van der Waals surface area contributed by atoms with E-state index in [1.807, 2.05) is 17.0 Å². The monoisotopic (exact) mass is 442 g/mol. The zero-order valence-corrected chi connectivity index (χ0v) is 18.1. The molecule has 0 radical (unpaired) electrons. The highest BCUT2D eigenvalue weighted by atomic mass is 32.2. The van der Waals surface area contributed by atoms with Crippen molar-refractivity contribution in [2.45, 2.75) is 42.7 Å². The summed E-state index contributed by atoms with van der Waals surface area (Å²) in [6.45, 7) is 3.04. The molecule has 0 saturated carbocycles. The molecule has 0 bridgehead atoms. The lowest BCUT2D eigenvalue weighted by Crippen LogP contribution is -2.47. The molecule has 2 atom stereocenters. The second kappa shape index (κ2) is 8.12. The lowest BCUT2D eigenvalue weighted by molar-refractivity contribution is -0.124. The molecule has 164 valence electrons. The molecule has 1 aromatic carbocycles. The van der Waals surface area contributed by atoms with Gasteiger partial charge in [-0.3, -0.25) is 9.69 Å². The Kier molecular flexibility index (Phi) is 5.31. The van der Waals surface area contributed by atoms with Crippen molar-refractivity contribution >= 4 is 21.8 Å². The fourth-order valence-electron chi connectivity index (χ4n) is 4.85. The zero-order chi connectivity index (χ0) is 21.4. The maximum atomic E-state index is 13.2. The summed E-state index contributed by atoms with van der Waals surface area (Å²) in [5.41, 5.74) is 0.577. The molecule has 1 N–H and O–H groups in total. The molecule has 0 spiro atoms. The SMILES string of the molecule is O=C(NC[C@@H](c1ccco1)N1CCCC1)[C@@H]1CCCN1C1=NS(=O)(=O)c2ccccc21. The topological polar surface area (TPSA) is 95.2 Å². The van der Waals surface area contributed by atoms with E-state index in [2.05, 4.69) is 14.6 Å². The number of hydrogen-bond acceptors (Lipinski definition) is 6. The van der Waals surface area contributed by atoms with Gasteiger partial charge >= 0.3 is 0 Å². The molecule has 1 amide bonds. The summed E-state index contributed by atoms with van der Waals surface area (Å²) >= 11 is 0. The number of benzene rings is 1. The van der Waals surface area contributed by atoms with Crippen molar-refractivity contribution in [2.75, 3.05) is 26.2 Å². The van der Waals surface area contributed by atoms with Gasteiger partial charge in [0.1, 0.15) is 16.7 Å². The number of furan rings is 1. The Hall–Kier alpha value is -2.65. The quantitative estimate of drug-likeness (QED) is 0.762. The highest BCUT2D eigenvalue weighted by Crippen LogP contribution is 2.31. The summed E-state index contributed by atoms with van der Waals surface area (Å²) < 4.78 is 34.6. The summed E-state index contributed by atoms with van der Waals surface area (Å²) in [6.07, 6.45) is 5.44. The lowest BCUT2D eigenvalue weighted by Gasteiger charge is -2.29. The molecule has 3 aliphatic rings. The van der Waals surface area contributed by atoms with E-state index >= 15 is 0 Å². The van der Waals surface area contributed by atoms with Crippen LogP contribution in [0.25, 0.3) is 0 Å². The van der Waals surface area contributed by atoms with Crippen LogP contribution in [-0.4, -0.2) is 62.2 Å². The number of fused-ring (bicyclic) bond motifs is 1. The van der Waals surface area contributed by atoms with Gasteiger partial charge in [0.05, 0.1) is 12.3 Å². The summed E-state index contributed by atoms with van der Waals surface area (Å²) in [4.78, 5) is 17.6. The van der Waals surface area contributed by atoms with Crippen LogP contribution in [0.4, 0.5) is 0 Å². The highest BCUT2D eigenvalue weighted by Gasteiger charge is 2.39. The molecule has 31 heavy (non-hydrogen) atoms. The van der Waals surface area contributed by atoms with Crippen LogP contribution in [0, 0.1) is 0 Å². The fraction of sp³-hybridized carbons (Fsp3) is 0.455. The van der Waals surface area contributed by atoms with Crippen LogP contribution in [-0.2, 0) is 14.8 Å². The van der Waals surface area contributed by atoms with E-state index < -0.39 is 16.1 Å². The Morgan fingerprint density at radius 1 is 1.13 bits per heavy atom. The first kappa shape index (κ1) is 20.3. The van der Waals surface area contributed by atoms with Gasteiger partial charge < -0.3 is 14.6 Å². The maximum absolute atomic E-state index is 13.2. The van der Waals surface area contributed by atoms with E-state index in [9.17, 15) is 13.2 Å². The van der Waals surface area contributed by atoms with Crippen LogP contribution in [0.5, 0.6) is 0 Å². The van der Waals surface area contributed by atoms with E-state index in [4.69, 9.17) is 4.42 Å². The number of carbonyl (C=O) groups excluding carboxylic acids is 1. The third kappa shape index (κ3) is 3.76. The molecule has 2 saturated heterocycles. The molecule has 3 aliphatic heterocycles. The van der Waals surface area contributed by atoms with Gasteiger partial charge in [0.2, 0.25) is 5.91 Å². The van der Waals surface area contributed by atoms with Gasteiger partial charge in [0.25, 0.3) is 10.0 Å².